The van der Waals surface area contributed by atoms with Crippen LogP contribution in [0.15, 0.2) is 29.2 Å². The van der Waals surface area contributed by atoms with E-state index in [0.29, 0.717) is 25.3 Å². The maximum absolute atomic E-state index is 12.8. The molecule has 0 amide bonds. The Morgan fingerprint density at radius 3 is 2.67 bits per heavy atom. The predicted octanol–water partition coefficient (Wildman–Crippen LogP) is 2.35. The van der Waals surface area contributed by atoms with Crippen molar-refractivity contribution >= 4 is 16.0 Å². The largest absolute Gasteiger partial charge is 0.494 e. The summed E-state index contributed by atoms with van der Waals surface area (Å²) >= 11 is 0. The van der Waals surface area contributed by atoms with Crippen molar-refractivity contribution in [3.05, 3.63) is 24.3 Å². The molecule has 1 heterocycles. The quantitative estimate of drug-likeness (QED) is 0.849. The Bertz CT molecular complexity index is 715. The van der Waals surface area contributed by atoms with Crippen molar-refractivity contribution < 1.29 is 23.1 Å². The number of carboxylic acids is 1. The molecule has 0 aromatic heterocycles. The molecule has 1 saturated carbocycles. The monoisotopic (exact) mass is 353 g/mol. The smallest absolute Gasteiger partial charge is 0.311 e. The minimum absolute atomic E-state index is 0.0728. The van der Waals surface area contributed by atoms with Crippen LogP contribution in [0.4, 0.5) is 0 Å². The van der Waals surface area contributed by atoms with Gasteiger partial charge in [0.05, 0.1) is 16.9 Å². The van der Waals surface area contributed by atoms with Crippen molar-refractivity contribution in [3.8, 4) is 5.75 Å². The lowest BCUT2D eigenvalue weighted by Crippen LogP contribution is -2.37. The molecule has 7 heteroatoms. The lowest BCUT2D eigenvalue weighted by molar-refractivity contribution is -0.149. The minimum Gasteiger partial charge on any atom is -0.494 e. The van der Waals surface area contributed by atoms with Crippen LogP contribution in [-0.4, -0.2) is 43.5 Å². The van der Waals surface area contributed by atoms with Gasteiger partial charge in [-0.15, -0.1) is 0 Å². The summed E-state index contributed by atoms with van der Waals surface area (Å²) in [6.45, 7) is 2.95. The number of fused-ring (bicyclic) bond motifs is 1. The molecule has 6 nitrogen and oxygen atoms in total. The fourth-order valence-electron chi connectivity index (χ4n) is 3.85. The van der Waals surface area contributed by atoms with Gasteiger partial charge in [0.15, 0.2) is 0 Å². The maximum atomic E-state index is 12.8. The topological polar surface area (TPSA) is 83.9 Å². The zero-order valence-corrected chi connectivity index (χ0v) is 14.6. The number of aliphatic carboxylic acids is 1. The molecule has 132 valence electrons. The molecule has 1 aliphatic carbocycles. The molecule has 0 bridgehead atoms. The van der Waals surface area contributed by atoms with Gasteiger partial charge in [-0.05, 0) is 49.4 Å². The van der Waals surface area contributed by atoms with E-state index in [1.54, 1.807) is 12.1 Å². The van der Waals surface area contributed by atoms with Crippen molar-refractivity contribution in [2.75, 3.05) is 19.7 Å². The van der Waals surface area contributed by atoms with Gasteiger partial charge in [0.2, 0.25) is 10.0 Å². The van der Waals surface area contributed by atoms with E-state index in [-0.39, 0.29) is 17.4 Å². The average Bonchev–Trinajstić information content (AvgIpc) is 3.12. The molecular weight excluding hydrogens is 330 g/mol. The normalized spacial score (nSPS) is 27.1. The standard InChI is InChI=1S/C17H23NO5S/c1-2-10-23-14-5-7-15(8-6-14)24(21,22)18-11-13-4-3-9-17(13,12-18)16(19)20/h5-8,13H,2-4,9-12H2,1H3,(H,19,20)/t13-,17+/m0/s1. The molecule has 1 saturated heterocycles. The number of benzene rings is 1. The van der Waals surface area contributed by atoms with E-state index < -0.39 is 21.4 Å². The summed E-state index contributed by atoms with van der Waals surface area (Å²) in [6, 6.07) is 6.35. The molecule has 3 rings (SSSR count). The summed E-state index contributed by atoms with van der Waals surface area (Å²) < 4.78 is 32.5. The van der Waals surface area contributed by atoms with Gasteiger partial charge in [-0.3, -0.25) is 4.79 Å². The van der Waals surface area contributed by atoms with Gasteiger partial charge in [0.25, 0.3) is 0 Å². The van der Waals surface area contributed by atoms with Crippen LogP contribution in [0.1, 0.15) is 32.6 Å². The second-order valence-electron chi connectivity index (χ2n) is 6.67. The van der Waals surface area contributed by atoms with Crippen LogP contribution in [0.5, 0.6) is 5.75 Å². The predicted molar refractivity (Wildman–Crippen MR) is 88.4 cm³/mol. The summed E-state index contributed by atoms with van der Waals surface area (Å²) in [5, 5.41) is 9.61. The van der Waals surface area contributed by atoms with E-state index in [9.17, 15) is 18.3 Å². The van der Waals surface area contributed by atoms with E-state index in [1.165, 1.54) is 16.4 Å². The first-order valence-electron chi connectivity index (χ1n) is 8.36. The molecule has 0 unspecified atom stereocenters. The number of nitrogens with zero attached hydrogens (tertiary/aromatic N) is 1. The average molecular weight is 353 g/mol. The molecule has 2 aliphatic rings. The maximum Gasteiger partial charge on any atom is 0.311 e. The van der Waals surface area contributed by atoms with E-state index in [2.05, 4.69) is 0 Å². The third-order valence-corrected chi connectivity index (χ3v) is 7.03. The zero-order valence-electron chi connectivity index (χ0n) is 13.8. The van der Waals surface area contributed by atoms with Crippen LogP contribution in [0.3, 0.4) is 0 Å². The van der Waals surface area contributed by atoms with Crippen molar-refractivity contribution in [2.24, 2.45) is 11.3 Å². The van der Waals surface area contributed by atoms with E-state index in [0.717, 1.165) is 19.3 Å². The highest BCUT2D eigenvalue weighted by Crippen LogP contribution is 2.50. The molecule has 24 heavy (non-hydrogen) atoms. The second kappa shape index (κ2) is 6.37. The number of carboxylic acid groups (broad SMARTS) is 1. The highest BCUT2D eigenvalue weighted by Gasteiger charge is 2.57. The van der Waals surface area contributed by atoms with Gasteiger partial charge in [0, 0.05) is 13.1 Å². The summed E-state index contributed by atoms with van der Waals surface area (Å²) in [5.74, 6) is -0.320. The summed E-state index contributed by atoms with van der Waals surface area (Å²) in [4.78, 5) is 11.9. The molecule has 1 aliphatic heterocycles. The molecule has 0 radical (unpaired) electrons. The van der Waals surface area contributed by atoms with Crippen LogP contribution in [0.25, 0.3) is 0 Å². The van der Waals surface area contributed by atoms with Crippen LogP contribution >= 0.6 is 0 Å². The molecule has 0 spiro atoms. The summed E-state index contributed by atoms with van der Waals surface area (Å²) in [5.41, 5.74) is -0.906. The number of rotatable bonds is 6. The van der Waals surface area contributed by atoms with Gasteiger partial charge >= 0.3 is 5.97 Å². The van der Waals surface area contributed by atoms with Crippen LogP contribution in [0.2, 0.25) is 0 Å². The van der Waals surface area contributed by atoms with Crippen molar-refractivity contribution in [1.29, 1.82) is 0 Å². The molecular formula is C17H23NO5S. The Hall–Kier alpha value is -1.60. The van der Waals surface area contributed by atoms with Crippen LogP contribution in [0, 0.1) is 11.3 Å². The highest BCUT2D eigenvalue weighted by atomic mass is 32.2. The third kappa shape index (κ3) is 2.80. The van der Waals surface area contributed by atoms with Crippen molar-refractivity contribution in [1.82, 2.24) is 4.31 Å². The van der Waals surface area contributed by atoms with Gasteiger partial charge in [-0.25, -0.2) is 8.42 Å². The fourth-order valence-corrected chi connectivity index (χ4v) is 5.41. The van der Waals surface area contributed by atoms with E-state index >= 15 is 0 Å². The third-order valence-electron chi connectivity index (χ3n) is 5.20. The number of sulfonamides is 1. The first-order valence-corrected chi connectivity index (χ1v) is 9.80. The van der Waals surface area contributed by atoms with Gasteiger partial charge in [-0.2, -0.15) is 4.31 Å². The first-order chi connectivity index (χ1) is 11.4. The van der Waals surface area contributed by atoms with Crippen molar-refractivity contribution in [3.63, 3.8) is 0 Å². The van der Waals surface area contributed by atoms with E-state index in [1.807, 2.05) is 6.92 Å². The minimum atomic E-state index is -3.68. The molecule has 1 aromatic carbocycles. The van der Waals surface area contributed by atoms with Gasteiger partial charge in [-0.1, -0.05) is 13.3 Å². The second-order valence-corrected chi connectivity index (χ2v) is 8.61. The zero-order chi connectivity index (χ0) is 17.4. The molecule has 2 atom stereocenters. The first kappa shape index (κ1) is 17.2. The lowest BCUT2D eigenvalue weighted by Gasteiger charge is -2.23. The Morgan fingerprint density at radius 2 is 2.08 bits per heavy atom. The van der Waals surface area contributed by atoms with Crippen LogP contribution in [-0.2, 0) is 14.8 Å². The molecule has 2 fully saturated rings. The number of ether oxygens (including phenoxy) is 1. The highest BCUT2D eigenvalue weighted by molar-refractivity contribution is 7.89. The van der Waals surface area contributed by atoms with Gasteiger partial charge in [0.1, 0.15) is 5.75 Å². The Morgan fingerprint density at radius 1 is 1.38 bits per heavy atom. The Balaban J connectivity index is 1.80. The number of carbonyl (C=O) groups is 1. The Kier molecular flexibility index (Phi) is 4.57. The van der Waals surface area contributed by atoms with Crippen LogP contribution < -0.4 is 4.74 Å². The lowest BCUT2D eigenvalue weighted by atomic mass is 9.81. The molecule has 1 aromatic rings. The van der Waals surface area contributed by atoms with Crippen molar-refractivity contribution in [2.45, 2.75) is 37.5 Å². The number of hydrogen-bond donors (Lipinski definition) is 1. The SMILES string of the molecule is CCCOc1ccc(S(=O)(=O)N2C[C@@H]3CCC[C@@]3(C(=O)O)C2)cc1. The fraction of sp³-hybridized carbons (Fsp3) is 0.588. The van der Waals surface area contributed by atoms with E-state index in [4.69, 9.17) is 4.74 Å². The summed E-state index contributed by atoms with van der Waals surface area (Å²) in [6.07, 6.45) is 3.08. The summed E-state index contributed by atoms with van der Waals surface area (Å²) in [7, 11) is -3.68. The Labute approximate surface area is 142 Å². The van der Waals surface area contributed by atoms with Gasteiger partial charge < -0.3 is 9.84 Å². The molecule has 1 N–H and O–H groups in total. The number of hydrogen-bond acceptors (Lipinski definition) is 4.